The first-order valence-corrected chi connectivity index (χ1v) is 5.50. The van der Waals surface area contributed by atoms with Crippen LogP contribution in [0, 0.1) is 13.8 Å². The Morgan fingerprint density at radius 3 is 2.29 bits per heavy atom. The minimum absolute atomic E-state index is 0.619. The van der Waals surface area contributed by atoms with Gasteiger partial charge in [-0.05, 0) is 37.1 Å². The molecule has 0 bridgehead atoms. The summed E-state index contributed by atoms with van der Waals surface area (Å²) in [6.07, 6.45) is 0.817. The van der Waals surface area contributed by atoms with Crippen molar-refractivity contribution in [2.24, 2.45) is 0 Å². The van der Waals surface area contributed by atoms with Gasteiger partial charge in [0.1, 0.15) is 17.8 Å². The van der Waals surface area contributed by atoms with Gasteiger partial charge in [-0.1, -0.05) is 30.3 Å². The SMILES string of the molecule is Cc1cccc(C)c1Oc1cccc(C=O)c1. The summed E-state index contributed by atoms with van der Waals surface area (Å²) in [7, 11) is 0. The van der Waals surface area contributed by atoms with Gasteiger partial charge in [0.25, 0.3) is 0 Å². The monoisotopic (exact) mass is 226 g/mol. The Balaban J connectivity index is 2.34. The summed E-state index contributed by atoms with van der Waals surface area (Å²) in [6.45, 7) is 4.01. The second-order valence-corrected chi connectivity index (χ2v) is 4.01. The summed E-state index contributed by atoms with van der Waals surface area (Å²) >= 11 is 0. The molecule has 0 heterocycles. The van der Waals surface area contributed by atoms with Crippen molar-refractivity contribution in [2.75, 3.05) is 0 Å². The van der Waals surface area contributed by atoms with Gasteiger partial charge in [0.15, 0.2) is 0 Å². The van der Waals surface area contributed by atoms with Crippen molar-refractivity contribution >= 4 is 6.29 Å². The molecule has 0 saturated carbocycles. The molecule has 0 spiro atoms. The van der Waals surface area contributed by atoms with Crippen LogP contribution >= 0.6 is 0 Å². The summed E-state index contributed by atoms with van der Waals surface area (Å²) in [5.41, 5.74) is 2.79. The van der Waals surface area contributed by atoms with Crippen molar-refractivity contribution in [1.29, 1.82) is 0 Å². The minimum Gasteiger partial charge on any atom is -0.457 e. The molecule has 2 aromatic carbocycles. The van der Waals surface area contributed by atoms with Crippen LogP contribution in [0.1, 0.15) is 21.5 Å². The third kappa shape index (κ3) is 2.53. The van der Waals surface area contributed by atoms with Gasteiger partial charge >= 0.3 is 0 Å². The van der Waals surface area contributed by atoms with Crippen LogP contribution in [0.25, 0.3) is 0 Å². The highest BCUT2D eigenvalue weighted by atomic mass is 16.5. The van der Waals surface area contributed by atoms with E-state index in [4.69, 9.17) is 4.74 Å². The number of carbonyl (C=O) groups is 1. The molecule has 0 fully saturated rings. The fourth-order valence-electron chi connectivity index (χ4n) is 1.73. The molecule has 0 aromatic heterocycles. The lowest BCUT2D eigenvalue weighted by Crippen LogP contribution is -1.91. The van der Waals surface area contributed by atoms with E-state index in [0.717, 1.165) is 23.2 Å². The van der Waals surface area contributed by atoms with Gasteiger partial charge < -0.3 is 4.74 Å². The molecule has 0 aliphatic heterocycles. The molecule has 0 N–H and O–H groups in total. The molecule has 2 aromatic rings. The molecule has 0 atom stereocenters. The van der Waals surface area contributed by atoms with Crippen LogP contribution in [0.4, 0.5) is 0 Å². The van der Waals surface area contributed by atoms with E-state index < -0.39 is 0 Å². The molecule has 0 aliphatic carbocycles. The number of aldehydes is 1. The summed E-state index contributed by atoms with van der Waals surface area (Å²) in [5, 5.41) is 0. The Morgan fingerprint density at radius 1 is 1.00 bits per heavy atom. The molecule has 0 amide bonds. The van der Waals surface area contributed by atoms with Crippen molar-refractivity contribution in [3.05, 3.63) is 59.2 Å². The fraction of sp³-hybridized carbons (Fsp3) is 0.133. The summed E-state index contributed by atoms with van der Waals surface area (Å²) < 4.78 is 5.82. The molecule has 17 heavy (non-hydrogen) atoms. The number of aryl methyl sites for hydroxylation is 2. The zero-order chi connectivity index (χ0) is 12.3. The van der Waals surface area contributed by atoms with E-state index in [1.165, 1.54) is 0 Å². The van der Waals surface area contributed by atoms with Crippen LogP contribution < -0.4 is 4.74 Å². The summed E-state index contributed by atoms with van der Waals surface area (Å²) in [6, 6.07) is 13.2. The van der Waals surface area contributed by atoms with Gasteiger partial charge in [0.05, 0.1) is 0 Å². The van der Waals surface area contributed by atoms with Gasteiger partial charge in [0, 0.05) is 5.56 Å². The molecule has 0 aliphatic rings. The standard InChI is InChI=1S/C15H14O2/c1-11-5-3-6-12(2)15(11)17-14-8-4-7-13(9-14)10-16/h3-10H,1-2H3. The number of benzene rings is 2. The van der Waals surface area contributed by atoms with Gasteiger partial charge in [-0.3, -0.25) is 4.79 Å². The van der Waals surface area contributed by atoms with E-state index in [2.05, 4.69) is 0 Å². The molecular weight excluding hydrogens is 212 g/mol. The first-order chi connectivity index (χ1) is 8.20. The molecule has 0 unspecified atom stereocenters. The quantitative estimate of drug-likeness (QED) is 0.742. The Kier molecular flexibility index (Phi) is 3.24. The van der Waals surface area contributed by atoms with Crippen LogP contribution in [-0.2, 0) is 0 Å². The van der Waals surface area contributed by atoms with E-state index in [-0.39, 0.29) is 0 Å². The van der Waals surface area contributed by atoms with Crippen LogP contribution in [0.2, 0.25) is 0 Å². The Labute approximate surface area is 101 Å². The highest BCUT2D eigenvalue weighted by Crippen LogP contribution is 2.28. The van der Waals surface area contributed by atoms with Gasteiger partial charge in [0.2, 0.25) is 0 Å². The third-order valence-corrected chi connectivity index (χ3v) is 2.62. The molecule has 2 rings (SSSR count). The molecule has 0 saturated heterocycles. The highest BCUT2D eigenvalue weighted by molar-refractivity contribution is 5.75. The number of carbonyl (C=O) groups excluding carboxylic acids is 1. The van der Waals surface area contributed by atoms with Gasteiger partial charge in [-0.2, -0.15) is 0 Å². The average Bonchev–Trinajstić information content (AvgIpc) is 2.34. The number of rotatable bonds is 3. The van der Waals surface area contributed by atoms with E-state index in [9.17, 15) is 4.79 Å². The second kappa shape index (κ2) is 4.83. The molecule has 2 heteroatoms. The fourth-order valence-corrected chi connectivity index (χ4v) is 1.73. The lowest BCUT2D eigenvalue weighted by Gasteiger charge is -2.11. The molecule has 0 radical (unpaired) electrons. The van der Waals surface area contributed by atoms with Crippen molar-refractivity contribution in [2.45, 2.75) is 13.8 Å². The predicted octanol–water partition coefficient (Wildman–Crippen LogP) is 3.91. The van der Waals surface area contributed by atoms with Crippen molar-refractivity contribution in [3.8, 4) is 11.5 Å². The zero-order valence-corrected chi connectivity index (χ0v) is 9.94. The minimum atomic E-state index is 0.619. The van der Waals surface area contributed by atoms with Crippen LogP contribution in [0.15, 0.2) is 42.5 Å². The zero-order valence-electron chi connectivity index (χ0n) is 9.94. The first-order valence-electron chi connectivity index (χ1n) is 5.50. The maximum absolute atomic E-state index is 10.7. The highest BCUT2D eigenvalue weighted by Gasteiger charge is 2.04. The summed E-state index contributed by atoms with van der Waals surface area (Å²) in [4.78, 5) is 10.7. The molecule has 2 nitrogen and oxygen atoms in total. The number of hydrogen-bond acceptors (Lipinski definition) is 2. The topological polar surface area (TPSA) is 26.3 Å². The van der Waals surface area contributed by atoms with E-state index >= 15 is 0 Å². The van der Waals surface area contributed by atoms with Gasteiger partial charge in [-0.25, -0.2) is 0 Å². The number of hydrogen-bond donors (Lipinski definition) is 0. The van der Waals surface area contributed by atoms with Crippen LogP contribution in [0.3, 0.4) is 0 Å². The van der Waals surface area contributed by atoms with E-state index in [1.807, 2.05) is 44.2 Å². The first kappa shape index (κ1) is 11.4. The lowest BCUT2D eigenvalue weighted by atomic mass is 10.1. The number of para-hydroxylation sites is 1. The molecule has 86 valence electrons. The predicted molar refractivity (Wildman–Crippen MR) is 67.8 cm³/mol. The number of ether oxygens (including phenoxy) is 1. The van der Waals surface area contributed by atoms with Gasteiger partial charge in [-0.15, -0.1) is 0 Å². The lowest BCUT2D eigenvalue weighted by molar-refractivity contribution is 0.112. The Morgan fingerprint density at radius 2 is 1.65 bits per heavy atom. The van der Waals surface area contributed by atoms with E-state index in [1.54, 1.807) is 12.1 Å². The van der Waals surface area contributed by atoms with Crippen molar-refractivity contribution < 1.29 is 9.53 Å². The average molecular weight is 226 g/mol. The molecular formula is C15H14O2. The Hall–Kier alpha value is -2.09. The smallest absolute Gasteiger partial charge is 0.150 e. The van der Waals surface area contributed by atoms with E-state index in [0.29, 0.717) is 11.3 Å². The maximum Gasteiger partial charge on any atom is 0.150 e. The van der Waals surface area contributed by atoms with Crippen LogP contribution in [0.5, 0.6) is 11.5 Å². The largest absolute Gasteiger partial charge is 0.457 e. The van der Waals surface area contributed by atoms with Crippen LogP contribution in [-0.4, -0.2) is 6.29 Å². The maximum atomic E-state index is 10.7. The third-order valence-electron chi connectivity index (χ3n) is 2.62. The van der Waals surface area contributed by atoms with Crippen molar-refractivity contribution in [3.63, 3.8) is 0 Å². The second-order valence-electron chi connectivity index (χ2n) is 4.01. The Bertz CT molecular complexity index is 524. The normalized spacial score (nSPS) is 10.0. The summed E-state index contributed by atoms with van der Waals surface area (Å²) in [5.74, 6) is 1.54. The van der Waals surface area contributed by atoms with Crippen molar-refractivity contribution in [1.82, 2.24) is 0 Å².